The van der Waals surface area contributed by atoms with Crippen molar-refractivity contribution >= 4 is 15.5 Å². The van der Waals surface area contributed by atoms with Crippen molar-refractivity contribution in [3.8, 4) is 0 Å². The summed E-state index contributed by atoms with van der Waals surface area (Å²) in [6.45, 7) is 0. The smallest absolute Gasteiger partial charge is 0.180 e. The molecule has 0 aliphatic carbocycles. The quantitative estimate of drug-likeness (QED) is 0.865. The van der Waals surface area contributed by atoms with Gasteiger partial charge in [-0.2, -0.15) is 0 Å². The van der Waals surface area contributed by atoms with Crippen molar-refractivity contribution in [2.75, 3.05) is 11.5 Å². The standard InChI is InChI=1S/C11H14N4O2S/c1-15-6-5-14-11(15)3-7-18(16,17)10-2-4-13-8-9(10)12/h2,4-6,8H,3,7,12H2,1H3. The van der Waals surface area contributed by atoms with Gasteiger partial charge in [0.1, 0.15) is 5.82 Å². The Morgan fingerprint density at radius 1 is 1.39 bits per heavy atom. The predicted molar refractivity (Wildman–Crippen MR) is 67.6 cm³/mol. The highest BCUT2D eigenvalue weighted by Gasteiger charge is 2.18. The molecule has 0 bridgehead atoms. The van der Waals surface area contributed by atoms with Crippen molar-refractivity contribution in [1.82, 2.24) is 14.5 Å². The van der Waals surface area contributed by atoms with Gasteiger partial charge >= 0.3 is 0 Å². The molecular formula is C11H14N4O2S. The molecule has 0 aliphatic rings. The van der Waals surface area contributed by atoms with E-state index in [0.29, 0.717) is 6.42 Å². The number of hydrogen-bond donors (Lipinski definition) is 1. The van der Waals surface area contributed by atoms with Crippen LogP contribution in [0.5, 0.6) is 0 Å². The van der Waals surface area contributed by atoms with Crippen molar-refractivity contribution < 1.29 is 8.42 Å². The highest BCUT2D eigenvalue weighted by molar-refractivity contribution is 7.91. The van der Waals surface area contributed by atoms with Gasteiger partial charge in [-0.15, -0.1) is 0 Å². The van der Waals surface area contributed by atoms with Gasteiger partial charge < -0.3 is 10.3 Å². The van der Waals surface area contributed by atoms with E-state index >= 15 is 0 Å². The fourth-order valence-corrected chi connectivity index (χ4v) is 3.00. The topological polar surface area (TPSA) is 90.9 Å². The summed E-state index contributed by atoms with van der Waals surface area (Å²) >= 11 is 0. The van der Waals surface area contributed by atoms with Gasteiger partial charge in [0.2, 0.25) is 0 Å². The van der Waals surface area contributed by atoms with E-state index in [1.807, 2.05) is 7.05 Å². The van der Waals surface area contributed by atoms with Gasteiger partial charge in [0.25, 0.3) is 0 Å². The second kappa shape index (κ2) is 4.77. The summed E-state index contributed by atoms with van der Waals surface area (Å²) in [6, 6.07) is 1.42. The van der Waals surface area contributed by atoms with E-state index in [-0.39, 0.29) is 16.3 Å². The van der Waals surface area contributed by atoms with E-state index in [9.17, 15) is 8.42 Å². The maximum Gasteiger partial charge on any atom is 0.180 e. The molecule has 2 rings (SSSR count). The summed E-state index contributed by atoms with van der Waals surface area (Å²) in [5.41, 5.74) is 5.80. The molecule has 0 saturated carbocycles. The number of nitrogen functional groups attached to an aromatic ring is 1. The number of sulfone groups is 1. The van der Waals surface area contributed by atoms with Gasteiger partial charge in [-0.1, -0.05) is 0 Å². The lowest BCUT2D eigenvalue weighted by Crippen LogP contribution is -2.13. The Morgan fingerprint density at radius 3 is 2.78 bits per heavy atom. The average molecular weight is 266 g/mol. The monoisotopic (exact) mass is 266 g/mol. The van der Waals surface area contributed by atoms with Crippen LogP contribution in [0, 0.1) is 0 Å². The minimum atomic E-state index is -3.40. The van der Waals surface area contributed by atoms with E-state index < -0.39 is 9.84 Å². The highest BCUT2D eigenvalue weighted by Crippen LogP contribution is 2.18. The fourth-order valence-electron chi connectivity index (χ4n) is 1.65. The molecule has 0 atom stereocenters. The number of nitrogens with zero attached hydrogens (tertiary/aromatic N) is 3. The number of imidazole rings is 1. The van der Waals surface area contributed by atoms with Crippen LogP contribution in [-0.4, -0.2) is 28.7 Å². The molecule has 7 heteroatoms. The minimum absolute atomic E-state index is 0.0218. The van der Waals surface area contributed by atoms with Crippen LogP contribution in [0.15, 0.2) is 35.7 Å². The molecule has 96 valence electrons. The molecule has 0 radical (unpaired) electrons. The molecule has 6 nitrogen and oxygen atoms in total. The van der Waals surface area contributed by atoms with E-state index in [1.165, 1.54) is 18.5 Å². The first-order chi connectivity index (χ1) is 8.50. The third kappa shape index (κ3) is 2.51. The molecule has 2 heterocycles. The van der Waals surface area contributed by atoms with Crippen LogP contribution in [0.1, 0.15) is 5.82 Å². The van der Waals surface area contributed by atoms with Gasteiger partial charge in [0.05, 0.1) is 22.5 Å². The number of anilines is 1. The second-order valence-electron chi connectivity index (χ2n) is 3.94. The first kappa shape index (κ1) is 12.6. The van der Waals surface area contributed by atoms with Gasteiger partial charge in [-0.3, -0.25) is 4.98 Å². The SMILES string of the molecule is Cn1ccnc1CCS(=O)(=O)c1ccncc1N. The zero-order chi connectivity index (χ0) is 13.2. The van der Waals surface area contributed by atoms with Gasteiger partial charge in [-0.25, -0.2) is 13.4 Å². The van der Waals surface area contributed by atoms with E-state index in [2.05, 4.69) is 9.97 Å². The third-order valence-corrected chi connectivity index (χ3v) is 4.44. The molecule has 0 amide bonds. The lowest BCUT2D eigenvalue weighted by atomic mass is 10.4. The normalized spacial score (nSPS) is 11.6. The average Bonchev–Trinajstić information content (AvgIpc) is 2.73. The third-order valence-electron chi connectivity index (χ3n) is 2.66. The van der Waals surface area contributed by atoms with E-state index in [1.54, 1.807) is 17.0 Å². The second-order valence-corrected chi connectivity index (χ2v) is 6.01. The maximum absolute atomic E-state index is 12.1. The summed E-state index contributed by atoms with van der Waals surface area (Å²) in [5.74, 6) is 0.706. The Morgan fingerprint density at radius 2 is 2.17 bits per heavy atom. The molecule has 0 fully saturated rings. The summed E-state index contributed by atoms with van der Waals surface area (Å²) in [7, 11) is -1.57. The molecule has 0 saturated heterocycles. The molecule has 0 unspecified atom stereocenters. The number of nitrogens with two attached hydrogens (primary N) is 1. The summed E-state index contributed by atoms with van der Waals surface area (Å²) < 4.78 is 26.0. The Bertz CT molecular complexity index is 649. The van der Waals surface area contributed by atoms with Crippen LogP contribution in [0.25, 0.3) is 0 Å². The van der Waals surface area contributed by atoms with Crippen molar-refractivity contribution in [2.45, 2.75) is 11.3 Å². The van der Waals surface area contributed by atoms with Gasteiger partial charge in [0.15, 0.2) is 9.84 Å². The number of aryl methyl sites for hydroxylation is 2. The largest absolute Gasteiger partial charge is 0.396 e. The molecule has 0 aliphatic heterocycles. The molecule has 2 aromatic rings. The number of pyridine rings is 1. The highest BCUT2D eigenvalue weighted by atomic mass is 32.2. The fraction of sp³-hybridized carbons (Fsp3) is 0.273. The van der Waals surface area contributed by atoms with Gasteiger partial charge in [0, 0.05) is 32.1 Å². The number of aromatic nitrogens is 3. The van der Waals surface area contributed by atoms with Crippen molar-refractivity contribution in [3.05, 3.63) is 36.7 Å². The van der Waals surface area contributed by atoms with Crippen LogP contribution < -0.4 is 5.73 Å². The van der Waals surface area contributed by atoms with Crippen LogP contribution in [0.3, 0.4) is 0 Å². The molecule has 2 aromatic heterocycles. The molecular weight excluding hydrogens is 252 g/mol. The zero-order valence-electron chi connectivity index (χ0n) is 9.94. The van der Waals surface area contributed by atoms with Crippen molar-refractivity contribution in [3.63, 3.8) is 0 Å². The van der Waals surface area contributed by atoms with Crippen LogP contribution in [-0.2, 0) is 23.3 Å². The number of rotatable bonds is 4. The zero-order valence-corrected chi connectivity index (χ0v) is 10.8. The van der Waals surface area contributed by atoms with Crippen LogP contribution in [0.2, 0.25) is 0 Å². The maximum atomic E-state index is 12.1. The summed E-state index contributed by atoms with van der Waals surface area (Å²) in [5, 5.41) is 0. The Kier molecular flexibility index (Phi) is 3.33. The predicted octanol–water partition coefficient (Wildman–Crippen LogP) is 0.414. The molecule has 2 N–H and O–H groups in total. The molecule has 0 aromatic carbocycles. The van der Waals surface area contributed by atoms with Crippen molar-refractivity contribution in [2.24, 2.45) is 7.05 Å². The van der Waals surface area contributed by atoms with E-state index in [4.69, 9.17) is 5.73 Å². The van der Waals surface area contributed by atoms with E-state index in [0.717, 1.165) is 5.82 Å². The lowest BCUT2D eigenvalue weighted by Gasteiger charge is -2.06. The summed E-state index contributed by atoms with van der Waals surface area (Å²) in [4.78, 5) is 8.00. The Balaban J connectivity index is 2.19. The molecule has 18 heavy (non-hydrogen) atoms. The molecule has 0 spiro atoms. The minimum Gasteiger partial charge on any atom is -0.396 e. The van der Waals surface area contributed by atoms with Gasteiger partial charge in [-0.05, 0) is 6.07 Å². The van der Waals surface area contributed by atoms with Crippen LogP contribution >= 0.6 is 0 Å². The Hall–Kier alpha value is -1.89. The summed E-state index contributed by atoms with van der Waals surface area (Å²) in [6.07, 6.45) is 6.54. The van der Waals surface area contributed by atoms with Crippen molar-refractivity contribution in [1.29, 1.82) is 0 Å². The van der Waals surface area contributed by atoms with Crippen LogP contribution in [0.4, 0.5) is 5.69 Å². The Labute approximate surface area is 105 Å². The first-order valence-corrected chi connectivity index (χ1v) is 7.04. The number of hydrogen-bond acceptors (Lipinski definition) is 5. The lowest BCUT2D eigenvalue weighted by molar-refractivity contribution is 0.594. The first-order valence-electron chi connectivity index (χ1n) is 5.39.